The summed E-state index contributed by atoms with van der Waals surface area (Å²) in [6.45, 7) is 3.99. The molecule has 1 atom stereocenters. The minimum absolute atomic E-state index is 0.353. The minimum atomic E-state index is 0.353. The summed E-state index contributed by atoms with van der Waals surface area (Å²) < 4.78 is 0. The van der Waals surface area contributed by atoms with E-state index in [1.165, 1.54) is 71.0 Å². The van der Waals surface area contributed by atoms with Gasteiger partial charge in [-0.3, -0.25) is 4.90 Å². The van der Waals surface area contributed by atoms with Crippen LogP contribution in [0.4, 0.5) is 0 Å². The fraction of sp³-hybridized carbons (Fsp3) is 1.00. The van der Waals surface area contributed by atoms with E-state index in [2.05, 4.69) is 10.2 Å². The van der Waals surface area contributed by atoms with Crippen LogP contribution in [0.15, 0.2) is 0 Å². The van der Waals surface area contributed by atoms with Crippen LogP contribution in [-0.2, 0) is 0 Å². The van der Waals surface area contributed by atoms with Crippen molar-refractivity contribution >= 4 is 0 Å². The fourth-order valence-corrected chi connectivity index (χ4v) is 3.90. The van der Waals surface area contributed by atoms with Gasteiger partial charge in [0.15, 0.2) is 0 Å². The molecule has 3 aliphatic rings. The Labute approximate surface area is 111 Å². The predicted molar refractivity (Wildman–Crippen MR) is 73.6 cm³/mol. The maximum absolute atomic E-state index is 9.47. The second-order valence-corrected chi connectivity index (χ2v) is 6.81. The quantitative estimate of drug-likeness (QED) is 0.756. The number of hydrogen-bond donors (Lipinski definition) is 2. The van der Waals surface area contributed by atoms with Crippen molar-refractivity contribution in [2.45, 2.75) is 63.5 Å². The first kappa shape index (κ1) is 12.9. The van der Waals surface area contributed by atoms with Gasteiger partial charge in [0.1, 0.15) is 0 Å². The van der Waals surface area contributed by atoms with Crippen LogP contribution >= 0.6 is 0 Å². The zero-order chi connectivity index (χ0) is 12.4. The Balaban J connectivity index is 1.58. The average Bonchev–Trinajstić information content (AvgIpc) is 2.93. The molecule has 3 nitrogen and oxygen atoms in total. The van der Waals surface area contributed by atoms with Gasteiger partial charge in [0, 0.05) is 25.2 Å². The average molecular weight is 252 g/mol. The SMILES string of the molecule is OCC1CCCN1CC1(CNC2CC2)CCCC1. The minimum Gasteiger partial charge on any atom is -0.395 e. The molecule has 0 aromatic rings. The summed E-state index contributed by atoms with van der Waals surface area (Å²) >= 11 is 0. The van der Waals surface area contributed by atoms with Crippen LogP contribution in [0.5, 0.6) is 0 Å². The lowest BCUT2D eigenvalue weighted by Crippen LogP contribution is -2.45. The number of aliphatic hydroxyl groups is 1. The number of nitrogens with zero attached hydrogens (tertiary/aromatic N) is 1. The second kappa shape index (κ2) is 5.48. The molecule has 1 saturated heterocycles. The van der Waals surface area contributed by atoms with Crippen molar-refractivity contribution in [2.75, 3.05) is 26.2 Å². The van der Waals surface area contributed by atoms with Crippen LogP contribution in [0.25, 0.3) is 0 Å². The highest BCUT2D eigenvalue weighted by molar-refractivity contribution is 4.94. The van der Waals surface area contributed by atoms with E-state index in [9.17, 15) is 5.11 Å². The lowest BCUT2D eigenvalue weighted by molar-refractivity contribution is 0.102. The van der Waals surface area contributed by atoms with E-state index in [0.29, 0.717) is 18.1 Å². The van der Waals surface area contributed by atoms with Crippen molar-refractivity contribution in [3.8, 4) is 0 Å². The molecule has 1 heterocycles. The lowest BCUT2D eigenvalue weighted by atomic mass is 9.85. The summed E-state index contributed by atoms with van der Waals surface area (Å²) in [6.07, 6.45) is 10.8. The summed E-state index contributed by atoms with van der Waals surface area (Å²) in [5.74, 6) is 0. The van der Waals surface area contributed by atoms with Gasteiger partial charge < -0.3 is 10.4 Å². The summed E-state index contributed by atoms with van der Waals surface area (Å²) in [5.41, 5.74) is 0.514. The van der Waals surface area contributed by atoms with E-state index in [1.807, 2.05) is 0 Å². The Bertz CT molecular complexity index is 272. The van der Waals surface area contributed by atoms with Crippen molar-refractivity contribution in [1.29, 1.82) is 0 Å². The topological polar surface area (TPSA) is 35.5 Å². The molecule has 0 radical (unpaired) electrons. The van der Waals surface area contributed by atoms with Gasteiger partial charge in [-0.2, -0.15) is 0 Å². The third-order valence-corrected chi connectivity index (χ3v) is 5.26. The van der Waals surface area contributed by atoms with Gasteiger partial charge in [0.2, 0.25) is 0 Å². The van der Waals surface area contributed by atoms with Gasteiger partial charge in [0.25, 0.3) is 0 Å². The number of aliphatic hydroxyl groups excluding tert-OH is 1. The van der Waals surface area contributed by atoms with Gasteiger partial charge >= 0.3 is 0 Å². The van der Waals surface area contributed by atoms with E-state index >= 15 is 0 Å². The second-order valence-electron chi connectivity index (χ2n) is 6.81. The first-order valence-electron chi connectivity index (χ1n) is 7.90. The predicted octanol–water partition coefficient (Wildman–Crippen LogP) is 1.76. The molecule has 0 bridgehead atoms. The molecule has 2 N–H and O–H groups in total. The highest BCUT2D eigenvalue weighted by Crippen LogP contribution is 2.40. The van der Waals surface area contributed by atoms with Gasteiger partial charge in [-0.1, -0.05) is 12.8 Å². The van der Waals surface area contributed by atoms with E-state index in [-0.39, 0.29) is 0 Å². The van der Waals surface area contributed by atoms with Gasteiger partial charge in [-0.15, -0.1) is 0 Å². The third kappa shape index (κ3) is 2.89. The molecule has 3 heteroatoms. The molecule has 0 spiro atoms. The zero-order valence-electron chi connectivity index (χ0n) is 11.5. The van der Waals surface area contributed by atoms with Gasteiger partial charge in [-0.05, 0) is 50.5 Å². The van der Waals surface area contributed by atoms with E-state index in [1.54, 1.807) is 0 Å². The van der Waals surface area contributed by atoms with Gasteiger partial charge in [0.05, 0.1) is 6.61 Å². The van der Waals surface area contributed by atoms with Crippen molar-refractivity contribution in [2.24, 2.45) is 5.41 Å². The maximum Gasteiger partial charge on any atom is 0.0586 e. The third-order valence-electron chi connectivity index (χ3n) is 5.26. The molecule has 18 heavy (non-hydrogen) atoms. The molecular weight excluding hydrogens is 224 g/mol. The molecule has 1 aliphatic heterocycles. The standard InChI is InChI=1S/C15H28N2O/c18-10-14-4-3-9-17(14)12-15(7-1-2-8-15)11-16-13-5-6-13/h13-14,16,18H,1-12H2. The molecule has 3 rings (SSSR count). The molecule has 104 valence electrons. The van der Waals surface area contributed by atoms with Crippen LogP contribution in [-0.4, -0.2) is 48.3 Å². The van der Waals surface area contributed by atoms with Crippen LogP contribution in [0.2, 0.25) is 0 Å². The Hall–Kier alpha value is -0.120. The lowest BCUT2D eigenvalue weighted by Gasteiger charge is -2.36. The van der Waals surface area contributed by atoms with E-state index in [4.69, 9.17) is 0 Å². The summed E-state index contributed by atoms with van der Waals surface area (Å²) in [6, 6.07) is 1.28. The van der Waals surface area contributed by atoms with E-state index in [0.717, 1.165) is 6.04 Å². The zero-order valence-corrected chi connectivity index (χ0v) is 11.5. The molecule has 0 amide bonds. The van der Waals surface area contributed by atoms with Crippen molar-refractivity contribution < 1.29 is 5.11 Å². The maximum atomic E-state index is 9.47. The molecule has 3 fully saturated rings. The Morgan fingerprint density at radius 2 is 1.89 bits per heavy atom. The molecule has 1 unspecified atom stereocenters. The van der Waals surface area contributed by atoms with Crippen LogP contribution < -0.4 is 5.32 Å². The van der Waals surface area contributed by atoms with Crippen LogP contribution in [0.3, 0.4) is 0 Å². The van der Waals surface area contributed by atoms with Gasteiger partial charge in [-0.25, -0.2) is 0 Å². The van der Waals surface area contributed by atoms with Crippen molar-refractivity contribution in [1.82, 2.24) is 10.2 Å². The largest absolute Gasteiger partial charge is 0.395 e. The fourth-order valence-electron chi connectivity index (χ4n) is 3.90. The Morgan fingerprint density at radius 1 is 1.11 bits per heavy atom. The number of rotatable bonds is 6. The Morgan fingerprint density at radius 3 is 2.56 bits per heavy atom. The first-order valence-corrected chi connectivity index (χ1v) is 7.90. The molecular formula is C15H28N2O. The number of nitrogens with one attached hydrogen (secondary N) is 1. The highest BCUT2D eigenvalue weighted by Gasteiger charge is 2.39. The number of hydrogen-bond acceptors (Lipinski definition) is 3. The smallest absolute Gasteiger partial charge is 0.0586 e. The Kier molecular flexibility index (Phi) is 3.92. The molecule has 0 aromatic carbocycles. The summed E-state index contributed by atoms with van der Waals surface area (Å²) in [5, 5.41) is 13.2. The molecule has 2 aliphatic carbocycles. The summed E-state index contributed by atoms with van der Waals surface area (Å²) in [4.78, 5) is 2.57. The monoisotopic (exact) mass is 252 g/mol. The van der Waals surface area contributed by atoms with Crippen LogP contribution in [0, 0.1) is 5.41 Å². The summed E-state index contributed by atoms with van der Waals surface area (Å²) in [7, 11) is 0. The molecule has 2 saturated carbocycles. The molecule has 0 aromatic heterocycles. The number of likely N-dealkylation sites (tertiary alicyclic amines) is 1. The highest BCUT2D eigenvalue weighted by atomic mass is 16.3. The normalized spacial score (nSPS) is 32.2. The van der Waals surface area contributed by atoms with Crippen molar-refractivity contribution in [3.63, 3.8) is 0 Å². The van der Waals surface area contributed by atoms with E-state index < -0.39 is 0 Å². The van der Waals surface area contributed by atoms with Crippen LogP contribution in [0.1, 0.15) is 51.4 Å². The van der Waals surface area contributed by atoms with Crippen molar-refractivity contribution in [3.05, 3.63) is 0 Å². The first-order chi connectivity index (χ1) is 8.81.